The van der Waals surface area contributed by atoms with Crippen LogP contribution in [-0.4, -0.2) is 12.8 Å². The first kappa shape index (κ1) is 5.60. The van der Waals surface area contributed by atoms with Gasteiger partial charge in [-0.2, -0.15) is 0 Å². The van der Waals surface area contributed by atoms with Gasteiger partial charge in [-0.1, -0.05) is 5.16 Å². The van der Waals surface area contributed by atoms with Crippen LogP contribution in [0.4, 0.5) is 0 Å². The zero-order valence-electron chi connectivity index (χ0n) is 5.05. The standard InChI is InChI=1S/C6H10NO/c1-8-7-6-4-2-3-5-6/h2H,3-5H2,1H3. The van der Waals surface area contributed by atoms with Gasteiger partial charge < -0.3 is 4.84 Å². The maximum atomic E-state index is 4.59. The van der Waals surface area contributed by atoms with E-state index in [1.54, 1.807) is 7.11 Å². The molecule has 0 aromatic heterocycles. The van der Waals surface area contributed by atoms with Gasteiger partial charge in [-0.05, 0) is 25.7 Å². The molecule has 0 spiro atoms. The van der Waals surface area contributed by atoms with E-state index >= 15 is 0 Å². The first-order valence-electron chi connectivity index (χ1n) is 2.84. The smallest absolute Gasteiger partial charge is 0.106 e. The van der Waals surface area contributed by atoms with Crippen molar-refractivity contribution < 1.29 is 4.84 Å². The van der Waals surface area contributed by atoms with E-state index in [1.165, 1.54) is 12.1 Å². The zero-order valence-corrected chi connectivity index (χ0v) is 5.05. The Bertz CT molecular complexity index is 90.7. The van der Waals surface area contributed by atoms with E-state index in [0.717, 1.165) is 12.8 Å². The Balaban J connectivity index is 2.33. The summed E-state index contributed by atoms with van der Waals surface area (Å²) in [5.74, 6) is 0. The van der Waals surface area contributed by atoms with Gasteiger partial charge in [0.25, 0.3) is 0 Å². The number of nitrogens with zero attached hydrogens (tertiary/aromatic N) is 1. The third kappa shape index (κ3) is 1.22. The van der Waals surface area contributed by atoms with Crippen molar-refractivity contribution in [3.05, 3.63) is 6.42 Å². The number of hydrogen-bond acceptors (Lipinski definition) is 2. The fourth-order valence-electron chi connectivity index (χ4n) is 0.851. The van der Waals surface area contributed by atoms with Crippen LogP contribution < -0.4 is 0 Å². The van der Waals surface area contributed by atoms with Crippen molar-refractivity contribution in [2.45, 2.75) is 19.3 Å². The summed E-state index contributed by atoms with van der Waals surface area (Å²) < 4.78 is 0. The van der Waals surface area contributed by atoms with Crippen LogP contribution in [0.2, 0.25) is 0 Å². The summed E-state index contributed by atoms with van der Waals surface area (Å²) in [4.78, 5) is 4.59. The van der Waals surface area contributed by atoms with Gasteiger partial charge in [0, 0.05) is 0 Å². The van der Waals surface area contributed by atoms with Gasteiger partial charge >= 0.3 is 0 Å². The Morgan fingerprint density at radius 1 is 1.75 bits per heavy atom. The molecule has 1 aliphatic rings. The minimum atomic E-state index is 1.02. The second-order valence-electron chi connectivity index (χ2n) is 1.87. The van der Waals surface area contributed by atoms with E-state index in [1.807, 2.05) is 0 Å². The summed E-state index contributed by atoms with van der Waals surface area (Å²) in [5.41, 5.74) is 1.17. The fourth-order valence-corrected chi connectivity index (χ4v) is 0.851. The maximum Gasteiger partial charge on any atom is 0.106 e. The van der Waals surface area contributed by atoms with Gasteiger partial charge in [0.2, 0.25) is 0 Å². The molecule has 1 aliphatic carbocycles. The van der Waals surface area contributed by atoms with Gasteiger partial charge in [0.15, 0.2) is 0 Å². The van der Waals surface area contributed by atoms with E-state index in [0.29, 0.717) is 0 Å². The van der Waals surface area contributed by atoms with E-state index in [9.17, 15) is 0 Å². The molecule has 0 unspecified atom stereocenters. The molecule has 1 radical (unpaired) electrons. The quantitative estimate of drug-likeness (QED) is 0.469. The van der Waals surface area contributed by atoms with Crippen LogP contribution in [0.15, 0.2) is 5.16 Å². The van der Waals surface area contributed by atoms with Gasteiger partial charge in [0.1, 0.15) is 7.11 Å². The first-order chi connectivity index (χ1) is 3.93. The Morgan fingerprint density at radius 2 is 2.62 bits per heavy atom. The van der Waals surface area contributed by atoms with E-state index < -0.39 is 0 Å². The second kappa shape index (κ2) is 2.70. The highest BCUT2D eigenvalue weighted by Crippen LogP contribution is 2.12. The van der Waals surface area contributed by atoms with Crippen molar-refractivity contribution in [1.82, 2.24) is 0 Å². The minimum Gasteiger partial charge on any atom is -0.399 e. The Kier molecular flexibility index (Phi) is 1.89. The van der Waals surface area contributed by atoms with Gasteiger partial charge in [-0.15, -0.1) is 0 Å². The first-order valence-corrected chi connectivity index (χ1v) is 2.84. The lowest BCUT2D eigenvalue weighted by molar-refractivity contribution is 0.212. The summed E-state index contributed by atoms with van der Waals surface area (Å²) in [6.07, 6.45) is 5.50. The van der Waals surface area contributed by atoms with Crippen LogP contribution in [0.25, 0.3) is 0 Å². The molecule has 1 rings (SSSR count). The molecule has 1 saturated carbocycles. The van der Waals surface area contributed by atoms with Gasteiger partial charge in [-0.3, -0.25) is 0 Å². The number of hydrogen-bond donors (Lipinski definition) is 0. The summed E-state index contributed by atoms with van der Waals surface area (Å²) in [7, 11) is 1.59. The molecular formula is C6H10NO. The van der Waals surface area contributed by atoms with Crippen LogP contribution >= 0.6 is 0 Å². The van der Waals surface area contributed by atoms with Crippen molar-refractivity contribution in [3.8, 4) is 0 Å². The number of rotatable bonds is 1. The lowest BCUT2D eigenvalue weighted by Gasteiger charge is -1.89. The molecule has 0 atom stereocenters. The monoisotopic (exact) mass is 112 g/mol. The van der Waals surface area contributed by atoms with Crippen LogP contribution in [0.3, 0.4) is 0 Å². The molecule has 2 nitrogen and oxygen atoms in total. The molecule has 0 aromatic carbocycles. The van der Waals surface area contributed by atoms with Crippen LogP contribution in [-0.2, 0) is 4.84 Å². The Morgan fingerprint density at radius 3 is 3.12 bits per heavy atom. The third-order valence-corrected chi connectivity index (χ3v) is 1.24. The molecule has 0 aromatic rings. The molecule has 0 aliphatic heterocycles. The molecular weight excluding hydrogens is 102 g/mol. The average molecular weight is 112 g/mol. The highest BCUT2D eigenvalue weighted by Gasteiger charge is 2.07. The molecule has 0 amide bonds. The van der Waals surface area contributed by atoms with E-state index in [4.69, 9.17) is 0 Å². The van der Waals surface area contributed by atoms with E-state index in [-0.39, 0.29) is 0 Å². The molecule has 0 heterocycles. The van der Waals surface area contributed by atoms with Crippen molar-refractivity contribution in [1.29, 1.82) is 0 Å². The van der Waals surface area contributed by atoms with Crippen molar-refractivity contribution in [2.75, 3.05) is 7.11 Å². The van der Waals surface area contributed by atoms with Crippen LogP contribution in [0, 0.1) is 6.42 Å². The molecule has 0 bridgehead atoms. The number of oxime groups is 1. The van der Waals surface area contributed by atoms with Crippen LogP contribution in [0.5, 0.6) is 0 Å². The Labute approximate surface area is 49.5 Å². The lowest BCUT2D eigenvalue weighted by Crippen LogP contribution is -1.87. The molecule has 8 heavy (non-hydrogen) atoms. The summed E-state index contributed by atoms with van der Waals surface area (Å²) in [5, 5.41) is 3.81. The molecule has 45 valence electrons. The van der Waals surface area contributed by atoms with Crippen molar-refractivity contribution in [3.63, 3.8) is 0 Å². The van der Waals surface area contributed by atoms with Crippen molar-refractivity contribution >= 4 is 5.71 Å². The normalized spacial score (nSPS) is 24.4. The SMILES string of the molecule is CON=C1C[CH]CC1. The maximum absolute atomic E-state index is 4.59. The Hall–Kier alpha value is -0.530. The highest BCUT2D eigenvalue weighted by atomic mass is 16.6. The topological polar surface area (TPSA) is 21.6 Å². The molecule has 0 saturated heterocycles. The minimum absolute atomic E-state index is 1.02. The molecule has 2 heteroatoms. The predicted molar refractivity (Wildman–Crippen MR) is 32.6 cm³/mol. The molecule has 0 N–H and O–H groups in total. The summed E-state index contributed by atoms with van der Waals surface area (Å²) >= 11 is 0. The lowest BCUT2D eigenvalue weighted by atomic mass is 10.3. The fraction of sp³-hybridized carbons (Fsp3) is 0.667. The van der Waals surface area contributed by atoms with E-state index in [2.05, 4.69) is 16.4 Å². The van der Waals surface area contributed by atoms with Gasteiger partial charge in [-0.25, -0.2) is 0 Å². The largest absolute Gasteiger partial charge is 0.399 e. The van der Waals surface area contributed by atoms with Crippen LogP contribution in [0.1, 0.15) is 19.3 Å². The summed E-state index contributed by atoms with van der Waals surface area (Å²) in [6.45, 7) is 0. The highest BCUT2D eigenvalue weighted by molar-refractivity contribution is 5.87. The van der Waals surface area contributed by atoms with Gasteiger partial charge in [0.05, 0.1) is 5.71 Å². The zero-order chi connectivity index (χ0) is 5.82. The predicted octanol–water partition coefficient (Wildman–Crippen LogP) is 1.38. The molecule has 1 fully saturated rings. The second-order valence-corrected chi connectivity index (χ2v) is 1.87. The third-order valence-electron chi connectivity index (χ3n) is 1.24. The average Bonchev–Trinajstić information content (AvgIpc) is 2.19. The van der Waals surface area contributed by atoms with Crippen molar-refractivity contribution in [2.24, 2.45) is 5.16 Å². The summed E-state index contributed by atoms with van der Waals surface area (Å²) in [6, 6.07) is 0.